The number of hydrogen-bond acceptors (Lipinski definition) is 5. The Bertz CT molecular complexity index is 430. The smallest absolute Gasteiger partial charge is 0.320 e. The van der Waals surface area contributed by atoms with Gasteiger partial charge in [0.2, 0.25) is 5.95 Å². The number of carbonyl (C=O) groups is 1. The van der Waals surface area contributed by atoms with Gasteiger partial charge in [0.05, 0.1) is 0 Å². The van der Waals surface area contributed by atoms with E-state index in [9.17, 15) is 9.90 Å². The molecule has 1 aliphatic rings. The Morgan fingerprint density at radius 1 is 1.25 bits per heavy atom. The van der Waals surface area contributed by atoms with Crippen LogP contribution in [0.4, 0.5) is 5.95 Å². The Hall–Kier alpha value is -1.69. The van der Waals surface area contributed by atoms with Crippen LogP contribution < -0.4 is 4.90 Å². The first-order chi connectivity index (χ1) is 9.58. The molecule has 0 spiro atoms. The van der Waals surface area contributed by atoms with Gasteiger partial charge < -0.3 is 10.0 Å². The fourth-order valence-corrected chi connectivity index (χ4v) is 2.54. The highest BCUT2D eigenvalue weighted by molar-refractivity contribution is 5.73. The van der Waals surface area contributed by atoms with Gasteiger partial charge in [0.1, 0.15) is 6.04 Å². The van der Waals surface area contributed by atoms with Gasteiger partial charge in [0.25, 0.3) is 0 Å². The van der Waals surface area contributed by atoms with Crippen molar-refractivity contribution in [2.75, 3.05) is 31.1 Å². The van der Waals surface area contributed by atoms with Crippen LogP contribution in [0.2, 0.25) is 0 Å². The highest BCUT2D eigenvalue weighted by atomic mass is 16.4. The Kier molecular flexibility index (Phi) is 4.89. The van der Waals surface area contributed by atoms with Crippen LogP contribution in [0.1, 0.15) is 20.3 Å². The number of carboxylic acids is 1. The van der Waals surface area contributed by atoms with E-state index < -0.39 is 5.97 Å². The summed E-state index contributed by atoms with van der Waals surface area (Å²) in [4.78, 5) is 24.0. The van der Waals surface area contributed by atoms with Gasteiger partial charge in [-0.3, -0.25) is 9.69 Å². The van der Waals surface area contributed by atoms with E-state index in [1.54, 1.807) is 18.5 Å². The molecule has 0 amide bonds. The second-order valence-electron chi connectivity index (χ2n) is 5.56. The molecule has 0 saturated carbocycles. The van der Waals surface area contributed by atoms with Gasteiger partial charge in [0.15, 0.2) is 0 Å². The monoisotopic (exact) mass is 278 g/mol. The Balaban J connectivity index is 1.94. The molecule has 1 unspecified atom stereocenters. The number of anilines is 1. The number of rotatable bonds is 5. The van der Waals surface area contributed by atoms with E-state index in [-0.39, 0.29) is 6.04 Å². The first kappa shape index (κ1) is 14.7. The predicted octanol–water partition coefficient (Wildman–Crippen LogP) is 1.10. The summed E-state index contributed by atoms with van der Waals surface area (Å²) < 4.78 is 0. The van der Waals surface area contributed by atoms with E-state index >= 15 is 0 Å². The van der Waals surface area contributed by atoms with Crippen molar-refractivity contribution in [1.82, 2.24) is 14.9 Å². The SMILES string of the molecule is CC(C)CC(C(=O)O)N1CCN(c2ncccn2)CC1. The van der Waals surface area contributed by atoms with E-state index in [1.807, 2.05) is 0 Å². The van der Waals surface area contributed by atoms with Crippen LogP contribution >= 0.6 is 0 Å². The van der Waals surface area contributed by atoms with Crippen molar-refractivity contribution in [3.63, 3.8) is 0 Å². The minimum atomic E-state index is -0.719. The molecule has 0 radical (unpaired) electrons. The topological polar surface area (TPSA) is 69.6 Å². The first-order valence-corrected chi connectivity index (χ1v) is 7.06. The maximum absolute atomic E-state index is 11.4. The summed E-state index contributed by atoms with van der Waals surface area (Å²) in [6.07, 6.45) is 4.15. The molecule has 0 aliphatic carbocycles. The van der Waals surface area contributed by atoms with Gasteiger partial charge in [-0.25, -0.2) is 9.97 Å². The summed E-state index contributed by atoms with van der Waals surface area (Å²) in [5, 5.41) is 9.38. The molecule has 110 valence electrons. The molecule has 1 aromatic heterocycles. The molecule has 1 aliphatic heterocycles. The van der Waals surface area contributed by atoms with Crippen LogP contribution in [0, 0.1) is 5.92 Å². The lowest BCUT2D eigenvalue weighted by Crippen LogP contribution is -2.53. The Labute approximate surface area is 119 Å². The molecule has 1 aromatic rings. The van der Waals surface area contributed by atoms with Gasteiger partial charge in [-0.2, -0.15) is 0 Å². The summed E-state index contributed by atoms with van der Waals surface area (Å²) >= 11 is 0. The molecule has 0 aromatic carbocycles. The first-order valence-electron chi connectivity index (χ1n) is 7.06. The Morgan fingerprint density at radius 2 is 1.85 bits per heavy atom. The molecule has 1 fully saturated rings. The third kappa shape index (κ3) is 3.66. The third-order valence-electron chi connectivity index (χ3n) is 3.57. The van der Waals surface area contributed by atoms with Crippen LogP contribution in [0.15, 0.2) is 18.5 Å². The fourth-order valence-electron chi connectivity index (χ4n) is 2.54. The molecular weight excluding hydrogens is 256 g/mol. The Morgan fingerprint density at radius 3 is 2.35 bits per heavy atom. The van der Waals surface area contributed by atoms with Crippen molar-refractivity contribution < 1.29 is 9.90 Å². The highest BCUT2D eigenvalue weighted by Crippen LogP contribution is 2.16. The second kappa shape index (κ2) is 6.65. The van der Waals surface area contributed by atoms with Gasteiger partial charge in [-0.1, -0.05) is 13.8 Å². The normalized spacial score (nSPS) is 18.2. The van der Waals surface area contributed by atoms with E-state index in [0.717, 1.165) is 32.1 Å². The molecule has 0 bridgehead atoms. The summed E-state index contributed by atoms with van der Waals surface area (Å²) in [7, 11) is 0. The number of hydrogen-bond donors (Lipinski definition) is 1. The van der Waals surface area contributed by atoms with E-state index in [1.165, 1.54) is 0 Å². The van der Waals surface area contributed by atoms with Crippen molar-refractivity contribution in [1.29, 1.82) is 0 Å². The van der Waals surface area contributed by atoms with Crippen molar-refractivity contribution in [2.24, 2.45) is 5.92 Å². The lowest BCUT2D eigenvalue weighted by Gasteiger charge is -2.38. The van der Waals surface area contributed by atoms with Crippen LogP contribution in [0.3, 0.4) is 0 Å². The number of piperazine rings is 1. The van der Waals surface area contributed by atoms with E-state index in [2.05, 4.69) is 33.6 Å². The van der Waals surface area contributed by atoms with Gasteiger partial charge in [-0.05, 0) is 18.4 Å². The molecule has 2 heterocycles. The molecular formula is C14H22N4O2. The third-order valence-corrected chi connectivity index (χ3v) is 3.57. The molecule has 1 N–H and O–H groups in total. The maximum Gasteiger partial charge on any atom is 0.320 e. The van der Waals surface area contributed by atoms with Crippen molar-refractivity contribution in [3.8, 4) is 0 Å². The van der Waals surface area contributed by atoms with Crippen LogP contribution in [-0.2, 0) is 4.79 Å². The minimum Gasteiger partial charge on any atom is -0.480 e. The standard InChI is InChI=1S/C14H22N4O2/c1-11(2)10-12(13(19)20)17-6-8-18(9-7-17)14-15-4-3-5-16-14/h3-5,11-12H,6-10H2,1-2H3,(H,19,20). The average Bonchev–Trinajstić information content (AvgIpc) is 2.45. The zero-order chi connectivity index (χ0) is 14.5. The summed E-state index contributed by atoms with van der Waals surface area (Å²) in [5.74, 6) is 0.387. The second-order valence-corrected chi connectivity index (χ2v) is 5.56. The molecule has 1 saturated heterocycles. The lowest BCUT2D eigenvalue weighted by atomic mass is 10.0. The fraction of sp³-hybridized carbons (Fsp3) is 0.643. The quantitative estimate of drug-likeness (QED) is 0.869. The van der Waals surface area contributed by atoms with Crippen molar-refractivity contribution >= 4 is 11.9 Å². The van der Waals surface area contributed by atoms with Gasteiger partial charge in [0, 0.05) is 38.6 Å². The van der Waals surface area contributed by atoms with E-state index in [4.69, 9.17) is 0 Å². The molecule has 20 heavy (non-hydrogen) atoms. The van der Waals surface area contributed by atoms with Crippen LogP contribution in [0.25, 0.3) is 0 Å². The number of carboxylic acid groups (broad SMARTS) is 1. The van der Waals surface area contributed by atoms with Crippen molar-refractivity contribution in [3.05, 3.63) is 18.5 Å². The molecule has 2 rings (SSSR count). The maximum atomic E-state index is 11.4. The summed E-state index contributed by atoms with van der Waals surface area (Å²) in [6, 6.07) is 1.41. The number of aliphatic carboxylic acids is 1. The largest absolute Gasteiger partial charge is 0.480 e. The summed E-state index contributed by atoms with van der Waals surface area (Å²) in [5.41, 5.74) is 0. The lowest BCUT2D eigenvalue weighted by molar-refractivity contribution is -0.144. The summed E-state index contributed by atoms with van der Waals surface area (Å²) in [6.45, 7) is 7.13. The predicted molar refractivity (Wildman–Crippen MR) is 76.7 cm³/mol. The van der Waals surface area contributed by atoms with Crippen molar-refractivity contribution in [2.45, 2.75) is 26.3 Å². The van der Waals surface area contributed by atoms with Gasteiger partial charge in [-0.15, -0.1) is 0 Å². The molecule has 1 atom stereocenters. The van der Waals surface area contributed by atoms with Crippen LogP contribution in [0.5, 0.6) is 0 Å². The molecule has 6 heteroatoms. The van der Waals surface area contributed by atoms with Gasteiger partial charge >= 0.3 is 5.97 Å². The molecule has 6 nitrogen and oxygen atoms in total. The van der Waals surface area contributed by atoms with Crippen LogP contribution in [-0.4, -0.2) is 58.2 Å². The zero-order valence-corrected chi connectivity index (χ0v) is 12.1. The minimum absolute atomic E-state index is 0.381. The van der Waals surface area contributed by atoms with E-state index in [0.29, 0.717) is 12.3 Å². The highest BCUT2D eigenvalue weighted by Gasteiger charge is 2.29. The average molecular weight is 278 g/mol. The number of aromatic nitrogens is 2. The zero-order valence-electron chi connectivity index (χ0n) is 12.1. The number of nitrogens with zero attached hydrogens (tertiary/aromatic N) is 4.